The Hall–Kier alpha value is -2.07. The van der Waals surface area contributed by atoms with Crippen molar-refractivity contribution < 1.29 is 9.53 Å². The molecule has 140 valence electrons. The second-order valence-corrected chi connectivity index (χ2v) is 7.65. The van der Waals surface area contributed by atoms with Gasteiger partial charge in [0.05, 0.1) is 6.10 Å². The number of carbonyl (C=O) groups excluding carboxylic acids is 1. The lowest BCUT2D eigenvalue weighted by Crippen LogP contribution is -2.36. The third-order valence-electron chi connectivity index (χ3n) is 4.64. The van der Waals surface area contributed by atoms with Gasteiger partial charge in [0, 0.05) is 50.1 Å². The van der Waals surface area contributed by atoms with Crippen molar-refractivity contribution in [3.05, 3.63) is 22.9 Å². The summed E-state index contributed by atoms with van der Waals surface area (Å²) in [6.07, 6.45) is 5.25. The highest BCUT2D eigenvalue weighted by molar-refractivity contribution is 7.99. The van der Waals surface area contributed by atoms with Crippen LogP contribution >= 0.6 is 11.8 Å². The molecule has 1 atom stereocenters. The van der Waals surface area contributed by atoms with E-state index < -0.39 is 0 Å². The molecule has 2 aliphatic heterocycles. The summed E-state index contributed by atoms with van der Waals surface area (Å²) in [6, 6.07) is 0. The third-order valence-corrected chi connectivity index (χ3v) is 5.58. The van der Waals surface area contributed by atoms with Crippen LogP contribution in [-0.2, 0) is 16.1 Å². The van der Waals surface area contributed by atoms with Gasteiger partial charge in [0.25, 0.3) is 0 Å². The van der Waals surface area contributed by atoms with E-state index in [9.17, 15) is 9.59 Å². The minimum Gasteiger partial charge on any atom is -0.376 e. The van der Waals surface area contributed by atoms with Crippen LogP contribution in [0.5, 0.6) is 0 Å². The Balaban J connectivity index is 1.51. The Bertz CT molecular complexity index is 838. The second-order valence-electron chi connectivity index (χ2n) is 6.42. The number of hydrogen-bond acceptors (Lipinski definition) is 7. The Kier molecular flexibility index (Phi) is 5.11. The van der Waals surface area contributed by atoms with Crippen LogP contribution in [0.4, 0.5) is 5.82 Å². The molecule has 1 unspecified atom stereocenters. The molecule has 1 amide bonds. The number of rotatable bonds is 5. The molecular formula is C16H22N6O3S. The number of carbonyl (C=O) groups is 1. The molecule has 2 aromatic rings. The maximum absolute atomic E-state index is 12.6. The number of nitrogens with one attached hydrogen (secondary N) is 1. The fourth-order valence-corrected chi connectivity index (χ4v) is 4.16. The lowest BCUT2D eigenvalue weighted by Gasteiger charge is -2.27. The van der Waals surface area contributed by atoms with Gasteiger partial charge in [-0.2, -0.15) is 11.8 Å². The fraction of sp³-hybridized carbons (Fsp3) is 0.625. The van der Waals surface area contributed by atoms with E-state index in [0.29, 0.717) is 18.0 Å². The predicted octanol–water partition coefficient (Wildman–Crippen LogP) is -0.261. The van der Waals surface area contributed by atoms with Gasteiger partial charge in [0.15, 0.2) is 5.82 Å². The average Bonchev–Trinajstić information content (AvgIpc) is 3.29. The molecule has 10 heteroatoms. The lowest BCUT2D eigenvalue weighted by atomic mass is 10.2. The van der Waals surface area contributed by atoms with Gasteiger partial charge in [0.1, 0.15) is 6.54 Å². The first-order valence-corrected chi connectivity index (χ1v) is 10.0. The van der Waals surface area contributed by atoms with Crippen LogP contribution in [0.15, 0.2) is 17.2 Å². The van der Waals surface area contributed by atoms with Gasteiger partial charge in [0.2, 0.25) is 11.6 Å². The standard InChI is InChI=1S/C16H22N6O3S/c23-13(18-10-12-2-1-7-25-12)11-22-16(24)21-4-3-17-14(15(21)19-22)20-5-8-26-9-6-20/h3-4,12H,1-2,5-11H2,(H,18,23). The topological polar surface area (TPSA) is 93.8 Å². The summed E-state index contributed by atoms with van der Waals surface area (Å²) in [5, 5.41) is 7.19. The Morgan fingerprint density at radius 1 is 1.38 bits per heavy atom. The highest BCUT2D eigenvalue weighted by Gasteiger charge is 2.20. The third kappa shape index (κ3) is 3.56. The molecule has 2 saturated heterocycles. The van der Waals surface area contributed by atoms with E-state index >= 15 is 0 Å². The minimum absolute atomic E-state index is 0.0736. The molecule has 2 fully saturated rings. The van der Waals surface area contributed by atoms with E-state index in [4.69, 9.17) is 4.74 Å². The van der Waals surface area contributed by atoms with Gasteiger partial charge in [-0.3, -0.25) is 4.79 Å². The van der Waals surface area contributed by atoms with Crippen LogP contribution in [0.25, 0.3) is 5.65 Å². The van der Waals surface area contributed by atoms with E-state index in [2.05, 4.69) is 20.3 Å². The summed E-state index contributed by atoms with van der Waals surface area (Å²) in [4.78, 5) is 31.3. The number of nitrogens with zero attached hydrogens (tertiary/aromatic N) is 5. The number of amides is 1. The summed E-state index contributed by atoms with van der Waals surface area (Å²) in [5.74, 6) is 2.51. The highest BCUT2D eigenvalue weighted by Crippen LogP contribution is 2.20. The lowest BCUT2D eigenvalue weighted by molar-refractivity contribution is -0.122. The van der Waals surface area contributed by atoms with Crippen LogP contribution in [0.3, 0.4) is 0 Å². The Labute approximate surface area is 154 Å². The van der Waals surface area contributed by atoms with Gasteiger partial charge < -0.3 is 15.0 Å². The number of ether oxygens (including phenoxy) is 1. The van der Waals surface area contributed by atoms with Crippen molar-refractivity contribution in [2.75, 3.05) is 42.6 Å². The number of fused-ring (bicyclic) bond motifs is 1. The molecule has 0 radical (unpaired) electrons. The molecule has 2 aromatic heterocycles. The molecule has 9 nitrogen and oxygen atoms in total. The summed E-state index contributed by atoms with van der Waals surface area (Å²) >= 11 is 1.90. The van der Waals surface area contributed by atoms with E-state index in [1.165, 1.54) is 9.08 Å². The second kappa shape index (κ2) is 7.67. The molecule has 0 spiro atoms. The number of hydrogen-bond donors (Lipinski definition) is 1. The number of aromatic nitrogens is 4. The van der Waals surface area contributed by atoms with Gasteiger partial charge in [-0.05, 0) is 12.8 Å². The number of anilines is 1. The van der Waals surface area contributed by atoms with Crippen molar-refractivity contribution in [3.8, 4) is 0 Å². The molecule has 0 aliphatic carbocycles. The van der Waals surface area contributed by atoms with Crippen LogP contribution in [-0.4, -0.2) is 68.9 Å². The van der Waals surface area contributed by atoms with Crippen LogP contribution in [0.2, 0.25) is 0 Å². The summed E-state index contributed by atoms with van der Waals surface area (Å²) in [7, 11) is 0. The van der Waals surface area contributed by atoms with E-state index in [-0.39, 0.29) is 24.2 Å². The first kappa shape index (κ1) is 17.3. The predicted molar refractivity (Wildman–Crippen MR) is 98.8 cm³/mol. The zero-order chi connectivity index (χ0) is 17.9. The highest BCUT2D eigenvalue weighted by atomic mass is 32.2. The maximum Gasteiger partial charge on any atom is 0.350 e. The van der Waals surface area contributed by atoms with Crippen molar-refractivity contribution in [3.63, 3.8) is 0 Å². The molecule has 2 aliphatic rings. The minimum atomic E-state index is -0.331. The fourth-order valence-electron chi connectivity index (χ4n) is 3.26. The van der Waals surface area contributed by atoms with Crippen LogP contribution < -0.4 is 15.9 Å². The molecule has 4 heterocycles. The summed E-state index contributed by atoms with van der Waals surface area (Å²) in [5.41, 5.74) is 0.165. The van der Waals surface area contributed by atoms with Crippen molar-refractivity contribution in [1.82, 2.24) is 24.5 Å². The molecule has 4 rings (SSSR count). The number of thioether (sulfide) groups is 1. The first-order chi connectivity index (χ1) is 12.7. The normalized spacial score (nSPS) is 20.6. The van der Waals surface area contributed by atoms with Crippen molar-refractivity contribution in [2.24, 2.45) is 0 Å². The largest absolute Gasteiger partial charge is 0.376 e. The van der Waals surface area contributed by atoms with Gasteiger partial charge in [-0.25, -0.2) is 18.9 Å². The Morgan fingerprint density at radius 3 is 3.00 bits per heavy atom. The van der Waals surface area contributed by atoms with Crippen LogP contribution in [0, 0.1) is 0 Å². The molecule has 0 saturated carbocycles. The smallest absolute Gasteiger partial charge is 0.350 e. The van der Waals surface area contributed by atoms with E-state index in [1.807, 2.05) is 11.8 Å². The molecule has 26 heavy (non-hydrogen) atoms. The van der Waals surface area contributed by atoms with Crippen LogP contribution in [0.1, 0.15) is 12.8 Å². The molecule has 0 aromatic carbocycles. The quantitative estimate of drug-likeness (QED) is 0.766. The summed E-state index contributed by atoms with van der Waals surface area (Å²) < 4.78 is 8.14. The van der Waals surface area contributed by atoms with E-state index in [0.717, 1.165) is 44.0 Å². The first-order valence-electron chi connectivity index (χ1n) is 8.87. The SMILES string of the molecule is O=C(Cn1nc2c(N3CCSCC3)nccn2c1=O)NCC1CCCO1. The van der Waals surface area contributed by atoms with Gasteiger partial charge in [-0.15, -0.1) is 5.10 Å². The molecule has 0 bridgehead atoms. The van der Waals surface area contributed by atoms with Gasteiger partial charge >= 0.3 is 5.69 Å². The zero-order valence-electron chi connectivity index (χ0n) is 14.5. The monoisotopic (exact) mass is 378 g/mol. The zero-order valence-corrected chi connectivity index (χ0v) is 15.3. The maximum atomic E-state index is 12.6. The van der Waals surface area contributed by atoms with Crippen molar-refractivity contribution in [1.29, 1.82) is 0 Å². The molecule has 1 N–H and O–H groups in total. The summed E-state index contributed by atoms with van der Waals surface area (Å²) in [6.45, 7) is 2.86. The van der Waals surface area contributed by atoms with Crippen molar-refractivity contribution >= 4 is 29.1 Å². The Morgan fingerprint density at radius 2 is 2.23 bits per heavy atom. The van der Waals surface area contributed by atoms with Gasteiger partial charge in [-0.1, -0.05) is 0 Å². The van der Waals surface area contributed by atoms with E-state index in [1.54, 1.807) is 12.4 Å². The van der Waals surface area contributed by atoms with Crippen molar-refractivity contribution in [2.45, 2.75) is 25.5 Å². The average molecular weight is 378 g/mol. The molecular weight excluding hydrogens is 356 g/mol.